The summed E-state index contributed by atoms with van der Waals surface area (Å²) in [6, 6.07) is 0. The van der Waals surface area contributed by atoms with Crippen molar-refractivity contribution in [3.8, 4) is 0 Å². The van der Waals surface area contributed by atoms with Crippen molar-refractivity contribution in [1.29, 1.82) is 0 Å². The third kappa shape index (κ3) is 7.80. The van der Waals surface area contributed by atoms with Crippen molar-refractivity contribution in [2.24, 2.45) is 0 Å². The number of hydrogen-bond acceptors (Lipinski definition) is 3. The van der Waals surface area contributed by atoms with Crippen molar-refractivity contribution < 1.29 is 34.7 Å². The van der Waals surface area contributed by atoms with Crippen LogP contribution in [0.2, 0.25) is 0 Å². The molecule has 4 heteroatoms. The van der Waals surface area contributed by atoms with Crippen molar-refractivity contribution in [2.75, 3.05) is 7.11 Å². The smallest absolute Gasteiger partial charge is 0.313 e. The average molecular weight is 223 g/mol. The Morgan fingerprint density at radius 2 is 1.89 bits per heavy atom. The molecule has 0 fully saturated rings. The normalized spacial score (nSPS) is 7.33. The number of Topliss-reactive ketones (excluding diaryl/α,β-unsaturated/α-hetero) is 1. The van der Waals surface area contributed by atoms with E-state index in [4.69, 9.17) is 0 Å². The van der Waals surface area contributed by atoms with Gasteiger partial charge in [0.05, 0.1) is 7.11 Å². The molecule has 0 aromatic heterocycles. The van der Waals surface area contributed by atoms with Crippen molar-refractivity contribution in [2.45, 2.75) is 13.3 Å². The van der Waals surface area contributed by atoms with Crippen LogP contribution >= 0.6 is 0 Å². The topological polar surface area (TPSA) is 43.4 Å². The molecule has 0 aromatic carbocycles. The Labute approximate surface area is 67.4 Å². The molecule has 56 valence electrons. The molecule has 0 spiro atoms. The van der Waals surface area contributed by atoms with Crippen LogP contribution in [0.3, 0.4) is 0 Å². The number of ketones is 1. The first-order chi connectivity index (χ1) is 3.66. The average Bonchev–Trinajstić information content (AvgIpc) is 1.65. The van der Waals surface area contributed by atoms with E-state index in [1.54, 1.807) is 0 Å². The minimum Gasteiger partial charge on any atom is -0.469 e. The predicted octanol–water partition coefficient (Wildman–Crippen LogP) is 0.136. The number of hydrogen-bond donors (Lipinski definition) is 0. The van der Waals surface area contributed by atoms with Gasteiger partial charge in [0, 0.05) is 20.4 Å². The van der Waals surface area contributed by atoms with Crippen LogP contribution < -0.4 is 0 Å². The van der Waals surface area contributed by atoms with Gasteiger partial charge in [-0.25, -0.2) is 0 Å². The number of methoxy groups -OCH3 is 1. The predicted molar refractivity (Wildman–Crippen MR) is 27.3 cm³/mol. The first-order valence-electron chi connectivity index (χ1n) is 2.23. The third-order valence-electron chi connectivity index (χ3n) is 0.621. The van der Waals surface area contributed by atoms with Crippen LogP contribution in [0.25, 0.3) is 0 Å². The van der Waals surface area contributed by atoms with E-state index in [1.165, 1.54) is 14.0 Å². The number of carbonyl (C=O) groups is 2. The van der Waals surface area contributed by atoms with Gasteiger partial charge in [-0.15, -0.1) is 0 Å². The molecule has 3 nitrogen and oxygen atoms in total. The van der Waals surface area contributed by atoms with Gasteiger partial charge in [0.15, 0.2) is 0 Å². The Hall–Kier alpha value is -0.198. The zero-order valence-electron chi connectivity index (χ0n) is 5.25. The molecule has 0 bridgehead atoms. The van der Waals surface area contributed by atoms with Crippen molar-refractivity contribution in [3.05, 3.63) is 0 Å². The molecule has 0 saturated carbocycles. The monoisotopic (exact) mass is 222 g/mol. The van der Waals surface area contributed by atoms with E-state index in [-0.39, 0.29) is 32.6 Å². The molecule has 0 saturated heterocycles. The van der Waals surface area contributed by atoms with Crippen LogP contribution in [0.15, 0.2) is 0 Å². The van der Waals surface area contributed by atoms with Crippen LogP contribution in [0.5, 0.6) is 0 Å². The van der Waals surface area contributed by atoms with Gasteiger partial charge in [0.1, 0.15) is 12.2 Å². The summed E-state index contributed by atoms with van der Waals surface area (Å²) in [5.41, 5.74) is 0. The summed E-state index contributed by atoms with van der Waals surface area (Å²) in [4.78, 5) is 20.3. The van der Waals surface area contributed by atoms with Crippen molar-refractivity contribution in [3.63, 3.8) is 0 Å². The molecule has 0 amide bonds. The van der Waals surface area contributed by atoms with Crippen LogP contribution in [-0.4, -0.2) is 18.9 Å². The fourth-order valence-electron chi connectivity index (χ4n) is 0.275. The largest absolute Gasteiger partial charge is 0.469 e. The molecule has 0 aliphatic carbocycles. The fraction of sp³-hybridized carbons (Fsp3) is 0.600. The minimum absolute atomic E-state index is 0. The third-order valence-corrected chi connectivity index (χ3v) is 0.621. The van der Waals surface area contributed by atoms with E-state index < -0.39 is 5.97 Å². The molecule has 0 rings (SSSR count). The van der Waals surface area contributed by atoms with Crippen LogP contribution in [0, 0.1) is 0 Å². The zero-order chi connectivity index (χ0) is 6.57. The molecule has 0 aromatic rings. The zero-order valence-corrected chi connectivity index (χ0v) is 6.80. The molecule has 0 atom stereocenters. The van der Waals surface area contributed by atoms with Gasteiger partial charge in [0.2, 0.25) is 0 Å². The first kappa shape index (κ1) is 11.6. The quantitative estimate of drug-likeness (QED) is 0.379. The summed E-state index contributed by atoms with van der Waals surface area (Å²) in [6.45, 7) is 1.34. The van der Waals surface area contributed by atoms with E-state index in [2.05, 4.69) is 4.74 Å². The molecule has 0 unspecified atom stereocenters. The van der Waals surface area contributed by atoms with Crippen molar-refractivity contribution in [1.82, 2.24) is 0 Å². The van der Waals surface area contributed by atoms with Crippen molar-refractivity contribution >= 4 is 11.8 Å². The SMILES string of the molecule is COC(=O)CC(C)=O.[Pd]. The molecule has 0 aliphatic heterocycles. The maximum Gasteiger partial charge on any atom is 0.313 e. The first-order valence-corrected chi connectivity index (χ1v) is 2.23. The molecule has 0 radical (unpaired) electrons. The summed E-state index contributed by atoms with van der Waals surface area (Å²) >= 11 is 0. The van der Waals surface area contributed by atoms with E-state index in [1.807, 2.05) is 0 Å². The molecular weight excluding hydrogens is 214 g/mol. The Bertz CT molecular complexity index is 111. The van der Waals surface area contributed by atoms with Gasteiger partial charge in [0.25, 0.3) is 0 Å². The molecular formula is C5H8O3Pd. The summed E-state index contributed by atoms with van der Waals surface area (Å²) in [5.74, 6) is -0.644. The maximum absolute atomic E-state index is 10.2. The number of esters is 1. The fourth-order valence-corrected chi connectivity index (χ4v) is 0.275. The summed E-state index contributed by atoms with van der Waals surface area (Å²) in [5, 5.41) is 0. The van der Waals surface area contributed by atoms with Gasteiger partial charge < -0.3 is 4.74 Å². The molecule has 9 heavy (non-hydrogen) atoms. The molecule has 0 aliphatic rings. The second-order valence-electron chi connectivity index (χ2n) is 1.45. The van der Waals surface area contributed by atoms with Gasteiger partial charge in [-0.05, 0) is 6.92 Å². The Kier molecular flexibility index (Phi) is 7.63. The van der Waals surface area contributed by atoms with Gasteiger partial charge in [-0.3, -0.25) is 9.59 Å². The second kappa shape index (κ2) is 5.93. The Morgan fingerprint density at radius 3 is 2.00 bits per heavy atom. The molecule has 0 heterocycles. The van der Waals surface area contributed by atoms with Gasteiger partial charge in [-0.2, -0.15) is 0 Å². The van der Waals surface area contributed by atoms with Crippen LogP contribution in [0.1, 0.15) is 13.3 Å². The number of ether oxygens (including phenoxy) is 1. The van der Waals surface area contributed by atoms with E-state index in [0.717, 1.165) is 0 Å². The standard InChI is InChI=1S/C5H8O3.Pd/c1-4(6)3-5(7)8-2;/h3H2,1-2H3;. The minimum atomic E-state index is -0.475. The summed E-state index contributed by atoms with van der Waals surface area (Å²) < 4.78 is 4.20. The Balaban J connectivity index is 0. The van der Waals surface area contributed by atoms with E-state index in [0.29, 0.717) is 0 Å². The molecule has 0 N–H and O–H groups in total. The number of rotatable bonds is 2. The van der Waals surface area contributed by atoms with Gasteiger partial charge >= 0.3 is 5.97 Å². The summed E-state index contributed by atoms with van der Waals surface area (Å²) in [6.07, 6.45) is -0.115. The Morgan fingerprint density at radius 1 is 1.44 bits per heavy atom. The van der Waals surface area contributed by atoms with Gasteiger partial charge in [-0.1, -0.05) is 0 Å². The van der Waals surface area contributed by atoms with E-state index in [9.17, 15) is 9.59 Å². The second-order valence-corrected chi connectivity index (χ2v) is 1.45. The summed E-state index contributed by atoms with van der Waals surface area (Å²) in [7, 11) is 1.26. The van der Waals surface area contributed by atoms with Crippen LogP contribution in [0.4, 0.5) is 0 Å². The number of carbonyl (C=O) groups excluding carboxylic acids is 2. The maximum atomic E-state index is 10.2. The van der Waals surface area contributed by atoms with E-state index >= 15 is 0 Å². The van der Waals surface area contributed by atoms with Crippen LogP contribution in [-0.2, 0) is 34.7 Å².